The number of H-pyrrole nitrogens is 1. The van der Waals surface area contributed by atoms with Gasteiger partial charge in [0.25, 0.3) is 0 Å². The zero-order chi connectivity index (χ0) is 20.8. The molecule has 4 rings (SSSR count). The first-order chi connectivity index (χ1) is 13.7. The number of carboxylic acid groups (broad SMARTS) is 1. The summed E-state index contributed by atoms with van der Waals surface area (Å²) in [5.74, 6) is -1.61. The van der Waals surface area contributed by atoms with E-state index in [-0.39, 0.29) is 23.4 Å². The summed E-state index contributed by atoms with van der Waals surface area (Å²) in [5, 5.41) is 14.4. The van der Waals surface area contributed by atoms with Crippen LogP contribution in [-0.4, -0.2) is 56.2 Å². The molecular weight excluding hydrogens is 401 g/mol. The van der Waals surface area contributed by atoms with Gasteiger partial charge in [0, 0.05) is 24.4 Å². The van der Waals surface area contributed by atoms with Gasteiger partial charge in [0.05, 0.1) is 17.5 Å². The molecule has 0 spiro atoms. The second kappa shape index (κ2) is 6.92. The number of aromatic carboxylic acids is 1. The molecule has 0 fully saturated rings. The highest BCUT2D eigenvalue weighted by molar-refractivity contribution is 7.90. The molecule has 29 heavy (non-hydrogen) atoms. The summed E-state index contributed by atoms with van der Waals surface area (Å²) in [7, 11) is -3.13. The predicted octanol–water partition coefficient (Wildman–Crippen LogP) is 2.25. The molecule has 0 aliphatic heterocycles. The van der Waals surface area contributed by atoms with Crippen molar-refractivity contribution < 1.29 is 22.7 Å². The summed E-state index contributed by atoms with van der Waals surface area (Å²) in [5.41, 5.74) is 1.73. The molecule has 1 aromatic carbocycles. The minimum Gasteiger partial charge on any atom is -0.478 e. The molecular formula is C18H16FN5O4S. The van der Waals surface area contributed by atoms with Crippen LogP contribution in [-0.2, 0) is 16.4 Å². The maximum absolute atomic E-state index is 13.8. The smallest absolute Gasteiger partial charge is 0.339 e. The highest BCUT2D eigenvalue weighted by Crippen LogP contribution is 2.28. The SMILES string of the molecule is CS(=O)(=O)CCCn1nc(-c2cnc3[nH]cc(C(=O)O)c3n2)c2ccc(F)cc21. The van der Waals surface area contributed by atoms with Crippen LogP contribution < -0.4 is 0 Å². The number of rotatable bonds is 6. The highest BCUT2D eigenvalue weighted by atomic mass is 32.2. The number of aromatic nitrogens is 5. The lowest BCUT2D eigenvalue weighted by Crippen LogP contribution is -2.08. The van der Waals surface area contributed by atoms with Gasteiger partial charge in [0.1, 0.15) is 38.1 Å². The van der Waals surface area contributed by atoms with Crippen LogP contribution in [0.2, 0.25) is 0 Å². The van der Waals surface area contributed by atoms with Crippen LogP contribution in [0, 0.1) is 5.82 Å². The Labute approximate surface area is 164 Å². The van der Waals surface area contributed by atoms with Crippen molar-refractivity contribution in [2.24, 2.45) is 0 Å². The van der Waals surface area contributed by atoms with E-state index in [0.29, 0.717) is 34.4 Å². The number of halogens is 1. The lowest BCUT2D eigenvalue weighted by molar-refractivity contribution is 0.0699. The minimum atomic E-state index is -3.13. The van der Waals surface area contributed by atoms with Crippen molar-refractivity contribution >= 4 is 37.9 Å². The molecule has 3 heterocycles. The third-order valence-corrected chi connectivity index (χ3v) is 5.48. The maximum Gasteiger partial charge on any atom is 0.339 e. The van der Waals surface area contributed by atoms with Crippen molar-refractivity contribution in [2.75, 3.05) is 12.0 Å². The number of nitrogens with one attached hydrogen (secondary N) is 1. The first-order valence-corrected chi connectivity index (χ1v) is 10.7. The maximum atomic E-state index is 13.8. The Hall–Kier alpha value is -3.34. The van der Waals surface area contributed by atoms with Gasteiger partial charge in [0.15, 0.2) is 5.65 Å². The van der Waals surface area contributed by atoms with Gasteiger partial charge in [-0.05, 0) is 24.6 Å². The van der Waals surface area contributed by atoms with E-state index in [1.807, 2.05) is 0 Å². The Morgan fingerprint density at radius 3 is 2.86 bits per heavy atom. The number of carboxylic acids is 1. The third kappa shape index (κ3) is 3.68. The van der Waals surface area contributed by atoms with Crippen molar-refractivity contribution in [1.29, 1.82) is 0 Å². The molecule has 11 heteroatoms. The summed E-state index contributed by atoms with van der Waals surface area (Å²) in [6, 6.07) is 4.16. The third-order valence-electron chi connectivity index (χ3n) is 4.45. The van der Waals surface area contributed by atoms with Crippen LogP contribution in [0.5, 0.6) is 0 Å². The monoisotopic (exact) mass is 417 g/mol. The Bertz CT molecular complexity index is 1360. The average molecular weight is 417 g/mol. The topological polar surface area (TPSA) is 131 Å². The van der Waals surface area contributed by atoms with Crippen LogP contribution in [0.3, 0.4) is 0 Å². The Balaban J connectivity index is 1.82. The largest absolute Gasteiger partial charge is 0.478 e. The molecule has 0 aliphatic carbocycles. The molecule has 4 aromatic rings. The minimum absolute atomic E-state index is 0.0164. The number of aryl methyl sites for hydroxylation is 1. The molecule has 3 aromatic heterocycles. The van der Waals surface area contributed by atoms with E-state index in [1.165, 1.54) is 29.2 Å². The van der Waals surface area contributed by atoms with E-state index in [4.69, 9.17) is 0 Å². The van der Waals surface area contributed by atoms with Gasteiger partial charge in [-0.25, -0.2) is 27.6 Å². The number of fused-ring (bicyclic) bond motifs is 2. The van der Waals surface area contributed by atoms with E-state index in [1.54, 1.807) is 6.07 Å². The molecule has 0 radical (unpaired) electrons. The number of aromatic amines is 1. The standard InChI is InChI=1S/C18H16FN5O4S/c1-29(27,28)6-2-5-24-14-7-10(19)3-4-11(14)15(23-24)13-9-21-17-16(22-13)12(8-20-17)18(25)26/h3-4,7-9H,2,5-6H2,1H3,(H,20,21)(H,25,26). The van der Waals surface area contributed by atoms with Gasteiger partial charge < -0.3 is 10.1 Å². The van der Waals surface area contributed by atoms with Gasteiger partial charge in [-0.15, -0.1) is 0 Å². The van der Waals surface area contributed by atoms with Crippen molar-refractivity contribution in [3.8, 4) is 11.4 Å². The number of hydrogen-bond acceptors (Lipinski definition) is 6. The van der Waals surface area contributed by atoms with Gasteiger partial charge in [-0.1, -0.05) is 0 Å². The number of nitrogens with zero attached hydrogens (tertiary/aromatic N) is 4. The van der Waals surface area contributed by atoms with Crippen molar-refractivity contribution in [3.05, 3.63) is 42.0 Å². The Kier molecular flexibility index (Phi) is 4.53. The number of hydrogen-bond donors (Lipinski definition) is 2. The molecule has 9 nitrogen and oxygen atoms in total. The van der Waals surface area contributed by atoms with Crippen molar-refractivity contribution in [1.82, 2.24) is 24.7 Å². The van der Waals surface area contributed by atoms with Gasteiger partial charge in [-0.3, -0.25) is 4.68 Å². The molecule has 2 N–H and O–H groups in total. The number of benzene rings is 1. The molecule has 0 amide bonds. The molecule has 0 aliphatic rings. The average Bonchev–Trinajstić information content (AvgIpc) is 3.21. The molecule has 0 unspecified atom stereocenters. The summed E-state index contributed by atoms with van der Waals surface area (Å²) in [4.78, 5) is 22.7. The van der Waals surface area contributed by atoms with E-state index >= 15 is 0 Å². The van der Waals surface area contributed by atoms with Crippen molar-refractivity contribution in [2.45, 2.75) is 13.0 Å². The van der Waals surface area contributed by atoms with Crippen molar-refractivity contribution in [3.63, 3.8) is 0 Å². The van der Waals surface area contributed by atoms with E-state index in [2.05, 4.69) is 20.1 Å². The van der Waals surface area contributed by atoms with Gasteiger partial charge in [0.2, 0.25) is 0 Å². The van der Waals surface area contributed by atoms with Crippen LogP contribution in [0.25, 0.3) is 33.5 Å². The molecule has 0 saturated heterocycles. The fourth-order valence-corrected chi connectivity index (χ4v) is 3.81. The van der Waals surface area contributed by atoms with Crippen LogP contribution in [0.15, 0.2) is 30.6 Å². The van der Waals surface area contributed by atoms with E-state index in [9.17, 15) is 22.7 Å². The van der Waals surface area contributed by atoms with Crippen LogP contribution >= 0.6 is 0 Å². The first kappa shape index (κ1) is 19.0. The fraction of sp³-hybridized carbons (Fsp3) is 0.222. The predicted molar refractivity (Wildman–Crippen MR) is 104 cm³/mol. The second-order valence-corrected chi connectivity index (χ2v) is 8.94. The molecule has 0 atom stereocenters. The lowest BCUT2D eigenvalue weighted by Gasteiger charge is -2.03. The second-order valence-electron chi connectivity index (χ2n) is 6.68. The summed E-state index contributed by atoms with van der Waals surface area (Å²) in [6.07, 6.45) is 4.24. The number of carbonyl (C=O) groups is 1. The first-order valence-electron chi connectivity index (χ1n) is 8.64. The fourth-order valence-electron chi connectivity index (χ4n) is 3.15. The Morgan fingerprint density at radius 1 is 1.34 bits per heavy atom. The van der Waals surface area contributed by atoms with E-state index < -0.39 is 21.6 Å². The van der Waals surface area contributed by atoms with Gasteiger partial charge >= 0.3 is 5.97 Å². The summed E-state index contributed by atoms with van der Waals surface area (Å²) >= 11 is 0. The quantitative estimate of drug-likeness (QED) is 0.492. The van der Waals surface area contributed by atoms with Crippen LogP contribution in [0.4, 0.5) is 4.39 Å². The zero-order valence-electron chi connectivity index (χ0n) is 15.3. The Morgan fingerprint density at radius 2 is 2.14 bits per heavy atom. The number of sulfone groups is 1. The van der Waals surface area contributed by atoms with Crippen LogP contribution in [0.1, 0.15) is 16.8 Å². The highest BCUT2D eigenvalue weighted by Gasteiger charge is 2.18. The molecule has 0 saturated carbocycles. The lowest BCUT2D eigenvalue weighted by atomic mass is 10.1. The molecule has 0 bridgehead atoms. The normalized spacial score (nSPS) is 12.1. The van der Waals surface area contributed by atoms with E-state index in [0.717, 1.165) is 6.26 Å². The molecule has 150 valence electrons. The summed E-state index contributed by atoms with van der Waals surface area (Å²) < 4.78 is 38.1. The zero-order valence-corrected chi connectivity index (χ0v) is 16.1. The summed E-state index contributed by atoms with van der Waals surface area (Å²) in [6.45, 7) is 0.271. The van der Waals surface area contributed by atoms with Gasteiger partial charge in [-0.2, -0.15) is 5.10 Å².